The molecule has 0 spiro atoms. The zero-order valence-corrected chi connectivity index (χ0v) is 12.9. The number of ether oxygens (including phenoxy) is 2. The molecule has 0 aliphatic heterocycles. The summed E-state index contributed by atoms with van der Waals surface area (Å²) in [6, 6.07) is -0.561. The Morgan fingerprint density at radius 1 is 1.38 bits per heavy atom. The molecule has 0 aliphatic carbocycles. The predicted octanol–water partition coefficient (Wildman–Crippen LogP) is 0.341. The summed E-state index contributed by atoms with van der Waals surface area (Å²) in [6.07, 6.45) is 1.39. The first-order chi connectivity index (χ1) is 10.1. The molecule has 1 aromatic heterocycles. The van der Waals surface area contributed by atoms with Gasteiger partial charge in [-0.1, -0.05) is 18.6 Å². The van der Waals surface area contributed by atoms with Crippen LogP contribution in [0, 0.1) is 0 Å². The van der Waals surface area contributed by atoms with E-state index in [1.165, 1.54) is 11.8 Å². The molecule has 0 radical (unpaired) electrons. The number of nitrogens with one attached hydrogen (secondary N) is 1. The van der Waals surface area contributed by atoms with Crippen LogP contribution < -0.4 is 5.32 Å². The number of carbonyl (C=O) groups excluding carboxylic acids is 2. The van der Waals surface area contributed by atoms with Crippen molar-refractivity contribution in [2.75, 3.05) is 27.4 Å². The largest absolute Gasteiger partial charge is 0.464 e. The Morgan fingerprint density at radius 2 is 2.10 bits per heavy atom. The second-order valence-electron chi connectivity index (χ2n) is 4.53. The maximum absolute atomic E-state index is 12.1. The van der Waals surface area contributed by atoms with E-state index in [4.69, 9.17) is 4.74 Å². The van der Waals surface area contributed by atoms with E-state index in [-0.39, 0.29) is 11.6 Å². The lowest BCUT2D eigenvalue weighted by Gasteiger charge is -2.14. The van der Waals surface area contributed by atoms with E-state index in [9.17, 15) is 9.59 Å². The van der Waals surface area contributed by atoms with Crippen LogP contribution in [0.5, 0.6) is 0 Å². The second-order valence-corrected chi connectivity index (χ2v) is 4.53. The minimum absolute atomic E-state index is 0.163. The second kappa shape index (κ2) is 8.35. The topological polar surface area (TPSA) is 95.3 Å². The zero-order chi connectivity index (χ0) is 15.8. The molecule has 8 heteroatoms. The predicted molar refractivity (Wildman–Crippen MR) is 75.0 cm³/mol. The van der Waals surface area contributed by atoms with Gasteiger partial charge in [0.05, 0.1) is 19.4 Å². The van der Waals surface area contributed by atoms with Gasteiger partial charge in [-0.15, -0.1) is 5.10 Å². The van der Waals surface area contributed by atoms with E-state index in [1.54, 1.807) is 14.0 Å². The number of nitrogens with zero attached hydrogens (tertiary/aromatic N) is 3. The van der Waals surface area contributed by atoms with Crippen molar-refractivity contribution in [3.8, 4) is 0 Å². The van der Waals surface area contributed by atoms with Gasteiger partial charge in [0.1, 0.15) is 6.04 Å². The van der Waals surface area contributed by atoms with E-state index >= 15 is 0 Å². The molecule has 8 nitrogen and oxygen atoms in total. The molecule has 1 amide bonds. The number of aromatic nitrogens is 3. The fourth-order valence-electron chi connectivity index (χ4n) is 1.88. The molecule has 0 saturated carbocycles. The van der Waals surface area contributed by atoms with Crippen molar-refractivity contribution >= 4 is 11.9 Å². The van der Waals surface area contributed by atoms with Crippen LogP contribution in [0.25, 0.3) is 0 Å². The summed E-state index contributed by atoms with van der Waals surface area (Å²) in [5.74, 6) is -0.748. The van der Waals surface area contributed by atoms with Crippen LogP contribution >= 0.6 is 0 Å². The van der Waals surface area contributed by atoms with Crippen LogP contribution in [0.15, 0.2) is 0 Å². The molecule has 1 rings (SSSR count). The first-order valence-corrected chi connectivity index (χ1v) is 6.85. The number of esters is 1. The fraction of sp³-hybridized carbons (Fsp3) is 0.692. The highest BCUT2D eigenvalue weighted by molar-refractivity contribution is 5.88. The lowest BCUT2D eigenvalue weighted by atomic mass is 10.2. The van der Waals surface area contributed by atoms with Crippen molar-refractivity contribution in [3.63, 3.8) is 0 Å². The van der Waals surface area contributed by atoms with Gasteiger partial charge in [-0.2, -0.15) is 0 Å². The summed E-state index contributed by atoms with van der Waals surface area (Å²) >= 11 is 0. The lowest BCUT2D eigenvalue weighted by Crippen LogP contribution is -2.34. The zero-order valence-electron chi connectivity index (χ0n) is 12.9. The molecular formula is C13H22N4O4. The van der Waals surface area contributed by atoms with Gasteiger partial charge in [0.15, 0.2) is 5.69 Å². The monoisotopic (exact) mass is 298 g/mol. The summed E-state index contributed by atoms with van der Waals surface area (Å²) in [7, 11) is 2.85. The molecule has 1 unspecified atom stereocenters. The number of hydrogen-bond donors (Lipinski definition) is 1. The molecule has 1 atom stereocenters. The normalized spacial score (nSPS) is 12.0. The highest BCUT2D eigenvalue weighted by Crippen LogP contribution is 2.15. The third kappa shape index (κ3) is 4.25. The van der Waals surface area contributed by atoms with Crippen molar-refractivity contribution in [2.24, 2.45) is 0 Å². The van der Waals surface area contributed by atoms with Crippen LogP contribution in [0.1, 0.15) is 42.5 Å². The molecule has 0 fully saturated rings. The van der Waals surface area contributed by atoms with E-state index in [1.807, 2.05) is 6.92 Å². The third-order valence-electron chi connectivity index (χ3n) is 3.01. The van der Waals surface area contributed by atoms with E-state index in [2.05, 4.69) is 20.4 Å². The first-order valence-electron chi connectivity index (χ1n) is 6.85. The summed E-state index contributed by atoms with van der Waals surface area (Å²) in [6.45, 7) is 4.53. The molecule has 0 aliphatic rings. The molecule has 21 heavy (non-hydrogen) atoms. The first kappa shape index (κ1) is 17.1. The van der Waals surface area contributed by atoms with Gasteiger partial charge in [-0.25, -0.2) is 9.48 Å². The highest BCUT2D eigenvalue weighted by atomic mass is 16.5. The Bertz CT molecular complexity index is 487. The molecular weight excluding hydrogens is 276 g/mol. The van der Waals surface area contributed by atoms with Crippen LogP contribution in [-0.2, 0) is 20.7 Å². The van der Waals surface area contributed by atoms with Crippen LogP contribution in [0.4, 0.5) is 0 Å². The van der Waals surface area contributed by atoms with Gasteiger partial charge in [-0.3, -0.25) is 4.79 Å². The van der Waals surface area contributed by atoms with Crippen molar-refractivity contribution in [1.82, 2.24) is 20.3 Å². The van der Waals surface area contributed by atoms with Crippen molar-refractivity contribution < 1.29 is 19.1 Å². The van der Waals surface area contributed by atoms with Crippen molar-refractivity contribution in [3.05, 3.63) is 11.4 Å². The molecule has 0 aromatic carbocycles. The lowest BCUT2D eigenvalue weighted by molar-refractivity contribution is -0.124. The number of methoxy groups -OCH3 is 2. The Kier molecular flexibility index (Phi) is 6.80. The SMILES string of the molecule is CCCc1c(C(=O)OC)nnn1C(C)C(=O)NCCOC. The molecule has 0 saturated heterocycles. The van der Waals surface area contributed by atoms with Crippen molar-refractivity contribution in [1.29, 1.82) is 0 Å². The summed E-state index contributed by atoms with van der Waals surface area (Å²) < 4.78 is 11.0. The van der Waals surface area contributed by atoms with Gasteiger partial charge in [-0.05, 0) is 13.3 Å². The molecule has 1 aromatic rings. The number of rotatable bonds is 8. The summed E-state index contributed by atoms with van der Waals surface area (Å²) in [4.78, 5) is 23.7. The highest BCUT2D eigenvalue weighted by Gasteiger charge is 2.25. The smallest absolute Gasteiger partial charge is 0.360 e. The molecule has 1 heterocycles. The average Bonchev–Trinajstić information content (AvgIpc) is 2.90. The molecule has 0 bridgehead atoms. The Hall–Kier alpha value is -1.96. The van der Waals surface area contributed by atoms with E-state index in [0.717, 1.165) is 6.42 Å². The maximum Gasteiger partial charge on any atom is 0.360 e. The number of hydrogen-bond acceptors (Lipinski definition) is 6. The summed E-state index contributed by atoms with van der Waals surface area (Å²) in [5, 5.41) is 10.5. The Labute approximate surface area is 123 Å². The third-order valence-corrected chi connectivity index (χ3v) is 3.01. The fourth-order valence-corrected chi connectivity index (χ4v) is 1.88. The minimum atomic E-state index is -0.561. The number of amides is 1. The maximum atomic E-state index is 12.1. The van der Waals surface area contributed by atoms with Crippen molar-refractivity contribution in [2.45, 2.75) is 32.7 Å². The Morgan fingerprint density at radius 3 is 2.67 bits per heavy atom. The standard InChI is InChI=1S/C13H22N4O4/c1-5-6-10-11(13(19)21-4)15-16-17(10)9(2)12(18)14-7-8-20-3/h9H,5-8H2,1-4H3,(H,14,18). The molecule has 118 valence electrons. The van der Waals surface area contributed by atoms with Crippen LogP contribution in [-0.4, -0.2) is 54.2 Å². The minimum Gasteiger partial charge on any atom is -0.464 e. The molecule has 1 N–H and O–H groups in total. The average molecular weight is 298 g/mol. The number of carbonyl (C=O) groups is 2. The quantitative estimate of drug-likeness (QED) is 0.549. The van der Waals surface area contributed by atoms with Crippen LogP contribution in [0.3, 0.4) is 0 Å². The van der Waals surface area contributed by atoms with Gasteiger partial charge in [0.25, 0.3) is 0 Å². The van der Waals surface area contributed by atoms with E-state index in [0.29, 0.717) is 25.3 Å². The van der Waals surface area contributed by atoms with Crippen LogP contribution in [0.2, 0.25) is 0 Å². The van der Waals surface area contributed by atoms with Gasteiger partial charge in [0.2, 0.25) is 5.91 Å². The van der Waals surface area contributed by atoms with Gasteiger partial charge in [0, 0.05) is 13.7 Å². The summed E-state index contributed by atoms with van der Waals surface area (Å²) in [5.41, 5.74) is 0.773. The van der Waals surface area contributed by atoms with E-state index < -0.39 is 12.0 Å². The van der Waals surface area contributed by atoms with Gasteiger partial charge >= 0.3 is 5.97 Å². The Balaban J connectivity index is 2.92. The van der Waals surface area contributed by atoms with Gasteiger partial charge < -0.3 is 14.8 Å².